The summed E-state index contributed by atoms with van der Waals surface area (Å²) >= 11 is 1.39. The zero-order valence-electron chi connectivity index (χ0n) is 18.0. The van der Waals surface area contributed by atoms with E-state index in [9.17, 15) is 14.9 Å². The Balaban J connectivity index is 1.44. The van der Waals surface area contributed by atoms with Crippen molar-refractivity contribution in [3.8, 4) is 11.5 Å². The lowest BCUT2D eigenvalue weighted by Crippen LogP contribution is -2.19. The van der Waals surface area contributed by atoms with Crippen molar-refractivity contribution in [2.45, 2.75) is 12.4 Å². The first-order valence-electron chi connectivity index (χ1n) is 10.0. The average Bonchev–Trinajstić information content (AvgIpc) is 2.84. The van der Waals surface area contributed by atoms with E-state index in [1.165, 1.54) is 30.1 Å². The van der Waals surface area contributed by atoms with E-state index in [1.807, 2.05) is 36.4 Å². The van der Waals surface area contributed by atoms with E-state index in [-0.39, 0.29) is 17.3 Å². The first kappa shape index (κ1) is 23.8. The predicted octanol–water partition coefficient (Wildman–Crippen LogP) is 4.57. The summed E-state index contributed by atoms with van der Waals surface area (Å²) in [6, 6.07) is 21.5. The van der Waals surface area contributed by atoms with Gasteiger partial charge in [-0.1, -0.05) is 42.5 Å². The minimum atomic E-state index is -0.441. The third kappa shape index (κ3) is 7.65. The van der Waals surface area contributed by atoms with Crippen molar-refractivity contribution in [2.75, 3.05) is 12.9 Å². The highest BCUT2D eigenvalue weighted by molar-refractivity contribution is 7.99. The molecule has 9 heteroatoms. The fraction of sp³-hybridized carbons (Fsp3) is 0.167. The van der Waals surface area contributed by atoms with E-state index < -0.39 is 4.92 Å². The maximum Gasteiger partial charge on any atom is 0.269 e. The van der Waals surface area contributed by atoms with Crippen molar-refractivity contribution in [3.05, 3.63) is 99.6 Å². The molecule has 33 heavy (non-hydrogen) atoms. The number of nitrogens with zero attached hydrogens (tertiary/aromatic N) is 2. The molecule has 3 rings (SSSR count). The Morgan fingerprint density at radius 2 is 1.82 bits per heavy atom. The van der Waals surface area contributed by atoms with Gasteiger partial charge in [0.1, 0.15) is 6.61 Å². The number of hydrogen-bond donors (Lipinski definition) is 1. The Morgan fingerprint density at radius 3 is 2.52 bits per heavy atom. The van der Waals surface area contributed by atoms with Gasteiger partial charge in [-0.25, -0.2) is 5.43 Å². The topological polar surface area (TPSA) is 103 Å². The van der Waals surface area contributed by atoms with Gasteiger partial charge in [-0.05, 0) is 34.9 Å². The molecular weight excluding hydrogens is 442 g/mol. The Hall–Kier alpha value is -3.85. The first-order valence-corrected chi connectivity index (χ1v) is 11.2. The Kier molecular flexibility index (Phi) is 8.84. The molecule has 0 spiro atoms. The van der Waals surface area contributed by atoms with Crippen molar-refractivity contribution >= 4 is 29.6 Å². The lowest BCUT2D eigenvalue weighted by atomic mass is 10.2. The van der Waals surface area contributed by atoms with Gasteiger partial charge in [0, 0.05) is 17.9 Å². The maximum atomic E-state index is 12.0. The summed E-state index contributed by atoms with van der Waals surface area (Å²) in [7, 11) is 1.57. The molecule has 3 aromatic rings. The number of hydrazone groups is 1. The number of hydrogen-bond acceptors (Lipinski definition) is 7. The molecule has 0 aliphatic heterocycles. The number of amides is 1. The van der Waals surface area contributed by atoms with Crippen LogP contribution in [0.25, 0.3) is 0 Å². The molecule has 3 aromatic carbocycles. The van der Waals surface area contributed by atoms with Gasteiger partial charge < -0.3 is 9.47 Å². The fourth-order valence-corrected chi connectivity index (χ4v) is 3.59. The summed E-state index contributed by atoms with van der Waals surface area (Å²) in [4.78, 5) is 22.2. The lowest BCUT2D eigenvalue weighted by Gasteiger charge is -2.11. The van der Waals surface area contributed by atoms with Gasteiger partial charge in [0.05, 0.1) is 24.0 Å². The molecule has 0 fully saturated rings. The van der Waals surface area contributed by atoms with Crippen LogP contribution in [0.2, 0.25) is 0 Å². The number of thioether (sulfide) groups is 1. The molecule has 0 aromatic heterocycles. The molecule has 0 heterocycles. The molecule has 0 atom stereocenters. The zero-order valence-corrected chi connectivity index (χ0v) is 18.8. The number of carbonyl (C=O) groups is 1. The van der Waals surface area contributed by atoms with Gasteiger partial charge in [-0.3, -0.25) is 14.9 Å². The highest BCUT2D eigenvalue weighted by atomic mass is 32.2. The number of non-ortho nitro benzene ring substituents is 1. The molecule has 0 radical (unpaired) electrons. The number of methoxy groups -OCH3 is 1. The van der Waals surface area contributed by atoms with Gasteiger partial charge in [-0.2, -0.15) is 5.10 Å². The second-order valence-electron chi connectivity index (χ2n) is 6.89. The first-order chi connectivity index (χ1) is 16.0. The average molecular weight is 466 g/mol. The minimum Gasteiger partial charge on any atom is -0.493 e. The molecule has 1 N–H and O–H groups in total. The summed E-state index contributed by atoms with van der Waals surface area (Å²) in [5.41, 5.74) is 5.24. The van der Waals surface area contributed by atoms with Crippen LogP contribution in [0, 0.1) is 10.1 Å². The van der Waals surface area contributed by atoms with Crippen LogP contribution < -0.4 is 14.9 Å². The smallest absolute Gasteiger partial charge is 0.269 e. The molecule has 0 saturated heterocycles. The lowest BCUT2D eigenvalue weighted by molar-refractivity contribution is -0.384. The van der Waals surface area contributed by atoms with E-state index in [4.69, 9.17) is 9.47 Å². The van der Waals surface area contributed by atoms with Crippen molar-refractivity contribution in [1.29, 1.82) is 0 Å². The van der Waals surface area contributed by atoms with Crippen LogP contribution in [-0.4, -0.2) is 29.9 Å². The number of nitrogens with one attached hydrogen (secondary N) is 1. The Labute approximate surface area is 195 Å². The van der Waals surface area contributed by atoms with E-state index >= 15 is 0 Å². The zero-order chi connectivity index (χ0) is 23.5. The van der Waals surface area contributed by atoms with Crippen molar-refractivity contribution in [2.24, 2.45) is 5.10 Å². The molecule has 8 nitrogen and oxygen atoms in total. The number of benzene rings is 3. The molecule has 0 saturated carbocycles. The molecular formula is C24H23N3O5S. The van der Waals surface area contributed by atoms with E-state index in [0.717, 1.165) is 16.7 Å². The number of nitro groups is 1. The highest BCUT2D eigenvalue weighted by Gasteiger charge is 2.07. The van der Waals surface area contributed by atoms with Gasteiger partial charge >= 0.3 is 0 Å². The van der Waals surface area contributed by atoms with Crippen LogP contribution in [0.5, 0.6) is 11.5 Å². The fourth-order valence-electron chi connectivity index (χ4n) is 2.81. The number of nitro benzene ring substituents is 1. The summed E-state index contributed by atoms with van der Waals surface area (Å²) in [5.74, 6) is 1.72. The second-order valence-corrected chi connectivity index (χ2v) is 7.88. The Bertz CT molecular complexity index is 1100. The molecule has 170 valence electrons. The number of carbonyl (C=O) groups excluding carboxylic acids is 1. The molecule has 1 amide bonds. The maximum absolute atomic E-state index is 12.0. The van der Waals surface area contributed by atoms with Crippen LogP contribution in [0.1, 0.15) is 16.7 Å². The molecule has 0 unspecified atom stereocenters. The van der Waals surface area contributed by atoms with Crippen LogP contribution >= 0.6 is 11.8 Å². The molecule has 0 aliphatic rings. The van der Waals surface area contributed by atoms with Crippen LogP contribution in [0.15, 0.2) is 77.9 Å². The van der Waals surface area contributed by atoms with Crippen molar-refractivity contribution < 1.29 is 19.2 Å². The highest BCUT2D eigenvalue weighted by Crippen LogP contribution is 2.28. The summed E-state index contributed by atoms with van der Waals surface area (Å²) in [5, 5.41) is 14.7. The van der Waals surface area contributed by atoms with E-state index in [0.29, 0.717) is 23.9 Å². The summed E-state index contributed by atoms with van der Waals surface area (Å²) in [6.45, 7) is 0.429. The van der Waals surface area contributed by atoms with Crippen molar-refractivity contribution in [1.82, 2.24) is 5.43 Å². The standard InChI is InChI=1S/C24H23N3O5S/c1-31-23-13-20(9-12-22(23)32-15-18-5-3-2-4-6-18)14-25-26-24(28)17-33-16-19-7-10-21(11-8-19)27(29)30/h2-14H,15-17H2,1H3,(H,26,28)/b25-14-. The van der Waals surface area contributed by atoms with Gasteiger partial charge in [0.15, 0.2) is 11.5 Å². The minimum absolute atomic E-state index is 0.0447. The van der Waals surface area contributed by atoms with Gasteiger partial charge in [-0.15, -0.1) is 11.8 Å². The van der Waals surface area contributed by atoms with E-state index in [2.05, 4.69) is 10.5 Å². The van der Waals surface area contributed by atoms with Crippen LogP contribution in [0.3, 0.4) is 0 Å². The molecule has 0 bridgehead atoms. The van der Waals surface area contributed by atoms with Gasteiger partial charge in [0.2, 0.25) is 5.91 Å². The van der Waals surface area contributed by atoms with Gasteiger partial charge in [0.25, 0.3) is 5.69 Å². The SMILES string of the molecule is COc1cc(/C=N\NC(=O)CSCc2ccc([N+](=O)[O-])cc2)ccc1OCc1ccccc1. The normalized spacial score (nSPS) is 10.7. The monoisotopic (exact) mass is 465 g/mol. The van der Waals surface area contributed by atoms with Crippen molar-refractivity contribution in [3.63, 3.8) is 0 Å². The number of ether oxygens (including phenoxy) is 2. The molecule has 0 aliphatic carbocycles. The Morgan fingerprint density at radius 1 is 1.06 bits per heavy atom. The van der Waals surface area contributed by atoms with E-state index in [1.54, 1.807) is 31.4 Å². The van der Waals surface area contributed by atoms with Crippen LogP contribution in [0.4, 0.5) is 5.69 Å². The summed E-state index contributed by atoms with van der Waals surface area (Å²) < 4.78 is 11.2. The second kappa shape index (κ2) is 12.3. The predicted molar refractivity (Wildman–Crippen MR) is 129 cm³/mol. The third-order valence-corrected chi connectivity index (χ3v) is 5.48. The largest absolute Gasteiger partial charge is 0.493 e. The van der Waals surface area contributed by atoms with Crippen LogP contribution in [-0.2, 0) is 17.2 Å². The quantitative estimate of drug-likeness (QED) is 0.253. The summed E-state index contributed by atoms with van der Waals surface area (Å²) in [6.07, 6.45) is 1.53. The third-order valence-electron chi connectivity index (χ3n) is 4.48. The number of rotatable bonds is 11.